The Kier molecular flexibility index (Phi) is 6.72. The summed E-state index contributed by atoms with van der Waals surface area (Å²) in [6, 6.07) is 5.82. The average Bonchev–Trinajstić information content (AvgIpc) is 2.51. The van der Waals surface area contributed by atoms with Gasteiger partial charge in [-0.25, -0.2) is 0 Å². The third-order valence-corrected chi connectivity index (χ3v) is 4.94. The zero-order chi connectivity index (χ0) is 16.8. The number of nitrogens with zero attached hydrogens (tertiary/aromatic N) is 1. The molecule has 2 N–H and O–H groups in total. The van der Waals surface area contributed by atoms with Gasteiger partial charge in [-0.05, 0) is 64.3 Å². The van der Waals surface area contributed by atoms with E-state index < -0.39 is 0 Å². The molecule has 2 atom stereocenters. The summed E-state index contributed by atoms with van der Waals surface area (Å²) in [6.45, 7) is 6.31. The summed E-state index contributed by atoms with van der Waals surface area (Å²) in [4.78, 5) is 14.6. The van der Waals surface area contributed by atoms with Crippen molar-refractivity contribution in [2.45, 2.75) is 58.0 Å². The van der Waals surface area contributed by atoms with Gasteiger partial charge < -0.3 is 10.4 Å². The molecule has 0 aliphatic carbocycles. The minimum absolute atomic E-state index is 0.0390. The summed E-state index contributed by atoms with van der Waals surface area (Å²) in [7, 11) is 0. The van der Waals surface area contributed by atoms with E-state index in [2.05, 4.69) is 24.1 Å². The van der Waals surface area contributed by atoms with Gasteiger partial charge in [0.2, 0.25) is 0 Å². The van der Waals surface area contributed by atoms with Gasteiger partial charge in [0.05, 0.1) is 5.56 Å². The summed E-state index contributed by atoms with van der Waals surface area (Å²) < 4.78 is 0. The highest BCUT2D eigenvalue weighted by atomic mass is 35.5. The quantitative estimate of drug-likeness (QED) is 0.775. The number of benzene rings is 1. The van der Waals surface area contributed by atoms with Crippen molar-refractivity contribution in [2.75, 3.05) is 13.1 Å². The van der Waals surface area contributed by atoms with Crippen molar-refractivity contribution in [1.82, 2.24) is 10.2 Å². The first kappa shape index (κ1) is 18.1. The van der Waals surface area contributed by atoms with Gasteiger partial charge in [0, 0.05) is 23.7 Å². The zero-order valence-electron chi connectivity index (χ0n) is 14.0. The van der Waals surface area contributed by atoms with Crippen LogP contribution in [0.4, 0.5) is 0 Å². The molecule has 0 unspecified atom stereocenters. The molecule has 1 heterocycles. The van der Waals surface area contributed by atoms with Crippen molar-refractivity contribution >= 4 is 17.5 Å². The van der Waals surface area contributed by atoms with Gasteiger partial charge >= 0.3 is 0 Å². The standard InChI is InChI=1S/C18H27ClN2O2/c1-13-6-5-7-14(2)21(13)11-4-3-10-20-18(23)16-12-15(19)8-9-17(16)22/h8-9,12-14,22H,3-7,10-11H2,1-2H3,(H,20,23)/t13-,14+. The van der Waals surface area contributed by atoms with Gasteiger partial charge in [-0.3, -0.25) is 9.69 Å². The van der Waals surface area contributed by atoms with E-state index in [1.165, 1.54) is 31.4 Å². The van der Waals surface area contributed by atoms with Crippen LogP contribution in [0, 0.1) is 0 Å². The molecule has 0 radical (unpaired) electrons. The molecule has 1 aliphatic rings. The van der Waals surface area contributed by atoms with Crippen LogP contribution in [0.5, 0.6) is 5.75 Å². The fourth-order valence-electron chi connectivity index (χ4n) is 3.32. The third kappa shape index (κ3) is 5.11. The molecule has 0 aromatic heterocycles. The van der Waals surface area contributed by atoms with E-state index in [-0.39, 0.29) is 17.2 Å². The van der Waals surface area contributed by atoms with Gasteiger partial charge in [-0.15, -0.1) is 0 Å². The second kappa shape index (κ2) is 8.55. The molecule has 1 aromatic carbocycles. The molecule has 4 nitrogen and oxygen atoms in total. The SMILES string of the molecule is C[C@@H]1CCC[C@H](C)N1CCCCNC(=O)c1cc(Cl)ccc1O. The maximum absolute atomic E-state index is 12.0. The molecule has 2 rings (SSSR count). The summed E-state index contributed by atoms with van der Waals surface area (Å²) in [5, 5.41) is 13.0. The molecule has 1 saturated heterocycles. The Morgan fingerprint density at radius 1 is 1.30 bits per heavy atom. The lowest BCUT2D eigenvalue weighted by Crippen LogP contribution is -2.44. The molecule has 0 spiro atoms. The van der Waals surface area contributed by atoms with Crippen LogP contribution < -0.4 is 5.32 Å². The molecule has 128 valence electrons. The number of amides is 1. The molecule has 0 bridgehead atoms. The lowest BCUT2D eigenvalue weighted by Gasteiger charge is -2.39. The van der Waals surface area contributed by atoms with E-state index >= 15 is 0 Å². The summed E-state index contributed by atoms with van der Waals surface area (Å²) in [5.74, 6) is -0.312. The molecule has 1 fully saturated rings. The molecular formula is C18H27ClN2O2. The lowest BCUT2D eigenvalue weighted by molar-refractivity contribution is 0.0937. The van der Waals surface area contributed by atoms with Crippen LogP contribution in [0.2, 0.25) is 5.02 Å². The number of rotatable bonds is 6. The van der Waals surface area contributed by atoms with Crippen molar-refractivity contribution < 1.29 is 9.90 Å². The first-order valence-electron chi connectivity index (χ1n) is 8.51. The van der Waals surface area contributed by atoms with Gasteiger partial charge in [-0.2, -0.15) is 0 Å². The number of nitrogens with one attached hydrogen (secondary N) is 1. The average molecular weight is 339 g/mol. The zero-order valence-corrected chi connectivity index (χ0v) is 14.8. The number of carbonyl (C=O) groups is 1. The number of unbranched alkanes of at least 4 members (excludes halogenated alkanes) is 1. The fraction of sp³-hybridized carbons (Fsp3) is 0.611. The predicted octanol–water partition coefficient (Wildman–Crippen LogP) is 3.82. The summed E-state index contributed by atoms with van der Waals surface area (Å²) in [6.07, 6.45) is 5.90. The van der Waals surface area contributed by atoms with Crippen LogP contribution >= 0.6 is 11.6 Å². The first-order chi connectivity index (χ1) is 11.0. The summed E-state index contributed by atoms with van der Waals surface area (Å²) >= 11 is 5.86. The Hall–Kier alpha value is -1.26. The Morgan fingerprint density at radius 3 is 2.70 bits per heavy atom. The number of likely N-dealkylation sites (tertiary alicyclic amines) is 1. The largest absolute Gasteiger partial charge is 0.507 e. The molecular weight excluding hydrogens is 312 g/mol. The van der Waals surface area contributed by atoms with Crippen LogP contribution in [-0.2, 0) is 0 Å². The van der Waals surface area contributed by atoms with E-state index in [1.807, 2.05) is 0 Å². The molecule has 1 aliphatic heterocycles. The number of piperidine rings is 1. The topological polar surface area (TPSA) is 52.6 Å². The maximum Gasteiger partial charge on any atom is 0.255 e. The van der Waals surface area contributed by atoms with E-state index in [0.29, 0.717) is 23.7 Å². The molecule has 1 aromatic rings. The van der Waals surface area contributed by atoms with E-state index in [0.717, 1.165) is 19.4 Å². The number of aromatic hydroxyl groups is 1. The van der Waals surface area contributed by atoms with Crippen molar-refractivity contribution in [3.63, 3.8) is 0 Å². The van der Waals surface area contributed by atoms with Crippen LogP contribution in [0.1, 0.15) is 56.3 Å². The van der Waals surface area contributed by atoms with Crippen LogP contribution in [0.3, 0.4) is 0 Å². The minimum atomic E-state index is -0.273. The van der Waals surface area contributed by atoms with Crippen molar-refractivity contribution in [2.24, 2.45) is 0 Å². The minimum Gasteiger partial charge on any atom is -0.507 e. The van der Waals surface area contributed by atoms with Gasteiger partial charge in [0.15, 0.2) is 0 Å². The van der Waals surface area contributed by atoms with Crippen molar-refractivity contribution in [3.05, 3.63) is 28.8 Å². The highest BCUT2D eigenvalue weighted by Crippen LogP contribution is 2.23. The lowest BCUT2D eigenvalue weighted by atomic mass is 9.97. The fourth-order valence-corrected chi connectivity index (χ4v) is 3.49. The maximum atomic E-state index is 12.0. The van der Waals surface area contributed by atoms with Crippen molar-refractivity contribution in [1.29, 1.82) is 0 Å². The number of phenols is 1. The third-order valence-electron chi connectivity index (χ3n) is 4.71. The van der Waals surface area contributed by atoms with E-state index in [9.17, 15) is 9.90 Å². The monoisotopic (exact) mass is 338 g/mol. The van der Waals surface area contributed by atoms with Gasteiger partial charge in [0.25, 0.3) is 5.91 Å². The number of phenolic OH excluding ortho intramolecular Hbond substituents is 1. The Bertz CT molecular complexity index is 526. The number of hydrogen-bond donors (Lipinski definition) is 2. The second-order valence-corrected chi connectivity index (χ2v) is 6.93. The van der Waals surface area contributed by atoms with Crippen LogP contribution in [0.15, 0.2) is 18.2 Å². The van der Waals surface area contributed by atoms with Gasteiger partial charge in [0.1, 0.15) is 5.75 Å². The predicted molar refractivity (Wildman–Crippen MR) is 94.2 cm³/mol. The number of halogens is 1. The Balaban J connectivity index is 1.71. The van der Waals surface area contributed by atoms with Crippen LogP contribution in [-0.4, -0.2) is 41.1 Å². The molecule has 23 heavy (non-hydrogen) atoms. The molecule has 5 heteroatoms. The molecule has 0 saturated carbocycles. The van der Waals surface area contributed by atoms with Gasteiger partial charge in [-0.1, -0.05) is 18.0 Å². The van der Waals surface area contributed by atoms with E-state index in [1.54, 1.807) is 6.07 Å². The molecule has 1 amide bonds. The van der Waals surface area contributed by atoms with E-state index in [4.69, 9.17) is 11.6 Å². The number of hydrogen-bond acceptors (Lipinski definition) is 3. The number of carbonyl (C=O) groups excluding carboxylic acids is 1. The first-order valence-corrected chi connectivity index (χ1v) is 8.89. The highest BCUT2D eigenvalue weighted by molar-refractivity contribution is 6.31. The normalized spacial score (nSPS) is 22.0. The van der Waals surface area contributed by atoms with Crippen molar-refractivity contribution in [3.8, 4) is 5.75 Å². The highest BCUT2D eigenvalue weighted by Gasteiger charge is 2.23. The Labute approximate surface area is 143 Å². The summed E-state index contributed by atoms with van der Waals surface area (Å²) in [5.41, 5.74) is 0.232. The Morgan fingerprint density at radius 2 is 2.00 bits per heavy atom. The second-order valence-electron chi connectivity index (χ2n) is 6.49. The smallest absolute Gasteiger partial charge is 0.255 e. The van der Waals surface area contributed by atoms with Crippen LogP contribution in [0.25, 0.3) is 0 Å².